The van der Waals surface area contributed by atoms with Crippen LogP contribution in [0.2, 0.25) is 0 Å². The van der Waals surface area contributed by atoms with E-state index in [0.29, 0.717) is 0 Å². The molecule has 0 saturated carbocycles. The summed E-state index contributed by atoms with van der Waals surface area (Å²) in [6, 6.07) is 9.19. The van der Waals surface area contributed by atoms with Crippen molar-refractivity contribution < 1.29 is 0 Å². The average molecular weight is 268 g/mol. The highest BCUT2D eigenvalue weighted by atomic mass is 14.1. The number of hydrogen-bond donors (Lipinski definition) is 0. The highest BCUT2D eigenvalue weighted by Gasteiger charge is 2.06. The summed E-state index contributed by atoms with van der Waals surface area (Å²) in [6.45, 7) is 17.2. The molecule has 2 aromatic rings. The van der Waals surface area contributed by atoms with E-state index in [1.807, 2.05) is 13.8 Å². The molecule has 0 atom stereocenters. The van der Waals surface area contributed by atoms with Crippen molar-refractivity contribution in [1.29, 1.82) is 0 Å². The molecule has 0 bridgehead atoms. The molecule has 0 saturated heterocycles. The predicted octanol–water partition coefficient (Wildman–Crippen LogP) is 6.23. The highest BCUT2D eigenvalue weighted by Crippen LogP contribution is 2.28. The van der Waals surface area contributed by atoms with Crippen LogP contribution in [0, 0.1) is 41.5 Å². The highest BCUT2D eigenvalue weighted by molar-refractivity contribution is 5.68. The smallest absolute Gasteiger partial charge is 0.0178 e. The van der Waals surface area contributed by atoms with Gasteiger partial charge in [0.15, 0.2) is 0 Å². The monoisotopic (exact) mass is 268 g/mol. The third-order valence-corrected chi connectivity index (χ3v) is 4.19. The quantitative estimate of drug-likeness (QED) is 0.575. The molecule has 0 heterocycles. The molecule has 0 unspecified atom stereocenters. The fourth-order valence-electron chi connectivity index (χ4n) is 2.40. The van der Waals surface area contributed by atoms with Gasteiger partial charge in [-0.2, -0.15) is 0 Å². The SMILES string of the molecule is CC.Cc1cc(-c2cc(C)c(C)c(C)c2)cc(C)c1C. The van der Waals surface area contributed by atoms with Crippen molar-refractivity contribution in [1.82, 2.24) is 0 Å². The van der Waals surface area contributed by atoms with E-state index in [2.05, 4.69) is 65.8 Å². The number of benzene rings is 2. The van der Waals surface area contributed by atoms with Crippen LogP contribution in [0.5, 0.6) is 0 Å². The van der Waals surface area contributed by atoms with E-state index >= 15 is 0 Å². The van der Waals surface area contributed by atoms with Gasteiger partial charge in [-0.3, -0.25) is 0 Å². The van der Waals surface area contributed by atoms with E-state index in [0.717, 1.165) is 0 Å². The Morgan fingerprint density at radius 3 is 0.850 bits per heavy atom. The molecule has 0 aliphatic carbocycles. The number of aryl methyl sites for hydroxylation is 4. The Labute approximate surface area is 124 Å². The molecule has 2 aromatic carbocycles. The summed E-state index contributed by atoms with van der Waals surface area (Å²) in [5, 5.41) is 0. The van der Waals surface area contributed by atoms with Gasteiger partial charge in [0.2, 0.25) is 0 Å². The molecule has 20 heavy (non-hydrogen) atoms. The zero-order valence-corrected chi connectivity index (χ0v) is 14.3. The summed E-state index contributed by atoms with van der Waals surface area (Å²) >= 11 is 0. The largest absolute Gasteiger partial charge is 0.0683 e. The standard InChI is InChI=1S/C18H22.C2H6/c1-11-7-17(8-12(2)15(11)5)18-9-13(3)16(6)14(4)10-18;1-2/h7-10H,1-6H3;1-2H3. The first-order valence-electron chi connectivity index (χ1n) is 7.56. The molecule has 0 radical (unpaired) electrons. The van der Waals surface area contributed by atoms with Crippen molar-refractivity contribution in [2.75, 3.05) is 0 Å². The van der Waals surface area contributed by atoms with Gasteiger partial charge in [0.05, 0.1) is 0 Å². The van der Waals surface area contributed by atoms with Crippen LogP contribution in [-0.2, 0) is 0 Å². The maximum absolute atomic E-state index is 2.30. The van der Waals surface area contributed by atoms with Gasteiger partial charge in [0, 0.05) is 0 Å². The fourth-order valence-corrected chi connectivity index (χ4v) is 2.40. The third kappa shape index (κ3) is 3.30. The van der Waals surface area contributed by atoms with Crippen molar-refractivity contribution in [2.24, 2.45) is 0 Å². The Balaban J connectivity index is 0.000000956. The minimum Gasteiger partial charge on any atom is -0.0683 e. The average Bonchev–Trinajstić information content (AvgIpc) is 2.43. The molecule has 0 heteroatoms. The topological polar surface area (TPSA) is 0 Å². The lowest BCUT2D eigenvalue weighted by Gasteiger charge is -2.12. The minimum absolute atomic E-state index is 1.34. The lowest BCUT2D eigenvalue weighted by molar-refractivity contribution is 1.25. The van der Waals surface area contributed by atoms with Crippen LogP contribution in [0.3, 0.4) is 0 Å². The van der Waals surface area contributed by atoms with E-state index in [9.17, 15) is 0 Å². The van der Waals surface area contributed by atoms with Crippen molar-refractivity contribution in [3.63, 3.8) is 0 Å². The van der Waals surface area contributed by atoms with Crippen LogP contribution in [0.1, 0.15) is 47.2 Å². The van der Waals surface area contributed by atoms with E-state index < -0.39 is 0 Å². The van der Waals surface area contributed by atoms with Gasteiger partial charge < -0.3 is 0 Å². The van der Waals surface area contributed by atoms with Crippen molar-refractivity contribution in [3.8, 4) is 11.1 Å². The molecule has 0 aliphatic heterocycles. The minimum atomic E-state index is 1.34. The molecule has 0 fully saturated rings. The molecule has 108 valence electrons. The van der Waals surface area contributed by atoms with Crippen LogP contribution in [-0.4, -0.2) is 0 Å². The van der Waals surface area contributed by atoms with Gasteiger partial charge in [-0.1, -0.05) is 38.1 Å². The first-order chi connectivity index (χ1) is 9.40. The lowest BCUT2D eigenvalue weighted by atomic mass is 9.93. The van der Waals surface area contributed by atoms with Crippen LogP contribution >= 0.6 is 0 Å². The fraction of sp³-hybridized carbons (Fsp3) is 0.400. The first-order valence-corrected chi connectivity index (χ1v) is 7.56. The first kappa shape index (κ1) is 16.5. The molecular formula is C20H28. The summed E-state index contributed by atoms with van der Waals surface area (Å²) < 4.78 is 0. The van der Waals surface area contributed by atoms with Gasteiger partial charge in [0.1, 0.15) is 0 Å². The molecule has 0 aromatic heterocycles. The van der Waals surface area contributed by atoms with Gasteiger partial charge >= 0.3 is 0 Å². The van der Waals surface area contributed by atoms with Crippen molar-refractivity contribution in [2.45, 2.75) is 55.4 Å². The normalized spacial score (nSPS) is 10.0. The Hall–Kier alpha value is -1.56. The summed E-state index contributed by atoms with van der Waals surface area (Å²) in [5.74, 6) is 0. The van der Waals surface area contributed by atoms with Gasteiger partial charge in [-0.15, -0.1) is 0 Å². The van der Waals surface area contributed by atoms with Gasteiger partial charge in [-0.05, 0) is 86.1 Å². The number of hydrogen-bond acceptors (Lipinski definition) is 0. The van der Waals surface area contributed by atoms with Gasteiger partial charge in [-0.25, -0.2) is 0 Å². The second-order valence-corrected chi connectivity index (χ2v) is 5.47. The van der Waals surface area contributed by atoms with Crippen LogP contribution in [0.4, 0.5) is 0 Å². The molecular weight excluding hydrogens is 240 g/mol. The zero-order valence-electron chi connectivity index (χ0n) is 14.3. The predicted molar refractivity (Wildman–Crippen MR) is 91.6 cm³/mol. The van der Waals surface area contributed by atoms with E-state index in [1.54, 1.807) is 0 Å². The molecule has 0 aliphatic rings. The zero-order chi connectivity index (χ0) is 15.4. The Morgan fingerprint density at radius 2 is 0.650 bits per heavy atom. The maximum Gasteiger partial charge on any atom is -0.0178 e. The Bertz CT molecular complexity index is 502. The lowest BCUT2D eigenvalue weighted by Crippen LogP contribution is -1.92. The van der Waals surface area contributed by atoms with Crippen LogP contribution in [0.25, 0.3) is 11.1 Å². The van der Waals surface area contributed by atoms with Crippen LogP contribution in [0.15, 0.2) is 24.3 Å². The Kier molecular flexibility index (Phi) is 5.56. The van der Waals surface area contributed by atoms with Crippen LogP contribution < -0.4 is 0 Å². The molecule has 0 nitrogen and oxygen atoms in total. The maximum atomic E-state index is 2.30. The number of rotatable bonds is 1. The summed E-state index contributed by atoms with van der Waals surface area (Å²) in [6.07, 6.45) is 0. The summed E-state index contributed by atoms with van der Waals surface area (Å²) in [5.41, 5.74) is 11.0. The second kappa shape index (κ2) is 6.74. The summed E-state index contributed by atoms with van der Waals surface area (Å²) in [7, 11) is 0. The van der Waals surface area contributed by atoms with E-state index in [1.165, 1.54) is 44.5 Å². The molecule has 0 amide bonds. The molecule has 0 N–H and O–H groups in total. The van der Waals surface area contributed by atoms with Gasteiger partial charge in [0.25, 0.3) is 0 Å². The third-order valence-electron chi connectivity index (χ3n) is 4.19. The summed E-state index contributed by atoms with van der Waals surface area (Å²) in [4.78, 5) is 0. The molecule has 2 rings (SSSR count). The van der Waals surface area contributed by atoms with E-state index in [4.69, 9.17) is 0 Å². The van der Waals surface area contributed by atoms with Crippen molar-refractivity contribution in [3.05, 3.63) is 57.6 Å². The van der Waals surface area contributed by atoms with E-state index in [-0.39, 0.29) is 0 Å². The second-order valence-electron chi connectivity index (χ2n) is 5.47. The van der Waals surface area contributed by atoms with Crippen molar-refractivity contribution >= 4 is 0 Å². The Morgan fingerprint density at radius 1 is 0.450 bits per heavy atom. The molecule has 0 spiro atoms.